The molecular weight excluding hydrogens is 364 g/mol. The van der Waals surface area contributed by atoms with Gasteiger partial charge in [-0.3, -0.25) is 9.59 Å². The molecule has 0 saturated carbocycles. The van der Waals surface area contributed by atoms with E-state index in [1.54, 1.807) is 0 Å². The van der Waals surface area contributed by atoms with E-state index in [9.17, 15) is 9.59 Å². The number of para-hydroxylation sites is 1. The van der Waals surface area contributed by atoms with Gasteiger partial charge in [0.15, 0.2) is 0 Å². The summed E-state index contributed by atoms with van der Waals surface area (Å²) in [7, 11) is 0. The van der Waals surface area contributed by atoms with Crippen LogP contribution in [0.3, 0.4) is 0 Å². The van der Waals surface area contributed by atoms with Gasteiger partial charge in [0, 0.05) is 56.2 Å². The zero-order chi connectivity index (χ0) is 20.1. The van der Waals surface area contributed by atoms with Crippen molar-refractivity contribution in [3.8, 4) is 5.75 Å². The number of aldehydes is 1. The van der Waals surface area contributed by atoms with Crippen LogP contribution in [0.2, 0.25) is 0 Å². The number of ether oxygens (including phenoxy) is 1. The molecule has 0 radical (unpaired) electrons. The molecule has 0 unspecified atom stereocenters. The molecule has 2 heterocycles. The van der Waals surface area contributed by atoms with Gasteiger partial charge in [-0.15, -0.1) is 0 Å². The van der Waals surface area contributed by atoms with Crippen LogP contribution < -0.4 is 9.64 Å². The fourth-order valence-corrected chi connectivity index (χ4v) is 4.29. The number of anilines is 1. The Morgan fingerprint density at radius 1 is 0.862 bits per heavy atom. The van der Waals surface area contributed by atoms with Crippen molar-refractivity contribution < 1.29 is 14.3 Å². The van der Waals surface area contributed by atoms with E-state index < -0.39 is 0 Å². The maximum absolute atomic E-state index is 13.0. The first-order valence-corrected chi connectivity index (χ1v) is 10.5. The summed E-state index contributed by atoms with van der Waals surface area (Å²) < 4.78 is 6.04. The lowest BCUT2D eigenvalue weighted by atomic mass is 9.93. The lowest BCUT2D eigenvalue weighted by Gasteiger charge is -2.38. The van der Waals surface area contributed by atoms with Gasteiger partial charge in [0.25, 0.3) is 0 Å². The summed E-state index contributed by atoms with van der Waals surface area (Å²) >= 11 is 0. The van der Waals surface area contributed by atoms with Crippen LogP contribution >= 0.6 is 0 Å². The van der Waals surface area contributed by atoms with Crippen LogP contribution in [0.1, 0.15) is 36.0 Å². The molecule has 0 aliphatic carbocycles. The minimum Gasteiger partial charge on any atom is -0.490 e. The van der Waals surface area contributed by atoms with Crippen molar-refractivity contribution in [3.05, 3.63) is 60.2 Å². The van der Waals surface area contributed by atoms with Crippen LogP contribution in [-0.2, 0) is 4.79 Å². The number of benzene rings is 2. The number of amides is 1. The summed E-state index contributed by atoms with van der Waals surface area (Å²) in [6.07, 6.45) is 4.61. The third-order valence-corrected chi connectivity index (χ3v) is 6.04. The molecule has 5 nitrogen and oxygen atoms in total. The molecule has 1 amide bonds. The molecule has 4 rings (SSSR count). The Kier molecular flexibility index (Phi) is 6.13. The van der Waals surface area contributed by atoms with Crippen LogP contribution in [0.15, 0.2) is 54.6 Å². The molecule has 152 valence electrons. The molecule has 29 heavy (non-hydrogen) atoms. The predicted molar refractivity (Wildman–Crippen MR) is 113 cm³/mol. The van der Waals surface area contributed by atoms with E-state index in [0.717, 1.165) is 69.6 Å². The van der Waals surface area contributed by atoms with Crippen LogP contribution in [0.4, 0.5) is 5.69 Å². The maximum atomic E-state index is 13.0. The number of hydrogen-bond donors (Lipinski definition) is 0. The minimum absolute atomic E-state index is 0.118. The van der Waals surface area contributed by atoms with Crippen molar-refractivity contribution in [1.29, 1.82) is 0 Å². The summed E-state index contributed by atoms with van der Waals surface area (Å²) in [4.78, 5) is 28.1. The molecule has 0 N–H and O–H groups in total. The molecule has 2 fully saturated rings. The molecule has 2 aromatic rings. The standard InChI is InChI=1S/C24H28N2O3/c27-18-19-6-8-21(9-7-19)25-14-10-20(11-15-25)24(28)26-16-12-23(13-17-26)29-22-4-2-1-3-5-22/h1-9,18,20,23H,10-17H2. The van der Waals surface area contributed by atoms with Crippen LogP contribution in [0, 0.1) is 5.92 Å². The zero-order valence-corrected chi connectivity index (χ0v) is 16.7. The minimum atomic E-state index is 0.118. The predicted octanol–water partition coefficient (Wildman–Crippen LogP) is 3.79. The number of piperidine rings is 2. The molecule has 0 bridgehead atoms. The second kappa shape index (κ2) is 9.12. The third kappa shape index (κ3) is 4.78. The van der Waals surface area contributed by atoms with Gasteiger partial charge in [0.05, 0.1) is 0 Å². The average Bonchev–Trinajstić information content (AvgIpc) is 2.80. The summed E-state index contributed by atoms with van der Waals surface area (Å²) in [6.45, 7) is 3.32. The second-order valence-corrected chi connectivity index (χ2v) is 7.93. The van der Waals surface area contributed by atoms with E-state index in [0.29, 0.717) is 11.5 Å². The van der Waals surface area contributed by atoms with E-state index in [1.807, 2.05) is 59.5 Å². The van der Waals surface area contributed by atoms with E-state index in [2.05, 4.69) is 4.90 Å². The highest BCUT2D eigenvalue weighted by Gasteiger charge is 2.31. The van der Waals surface area contributed by atoms with Crippen LogP contribution in [0.5, 0.6) is 5.75 Å². The number of likely N-dealkylation sites (tertiary alicyclic amines) is 1. The maximum Gasteiger partial charge on any atom is 0.225 e. The van der Waals surface area contributed by atoms with Gasteiger partial charge in [-0.25, -0.2) is 0 Å². The molecule has 0 aromatic heterocycles. The molecule has 2 aliphatic rings. The van der Waals surface area contributed by atoms with E-state index in [1.165, 1.54) is 0 Å². The van der Waals surface area contributed by atoms with Crippen molar-refractivity contribution in [2.24, 2.45) is 5.92 Å². The summed E-state index contributed by atoms with van der Waals surface area (Å²) in [5, 5.41) is 0. The second-order valence-electron chi connectivity index (χ2n) is 7.93. The van der Waals surface area contributed by atoms with E-state index in [-0.39, 0.29) is 12.0 Å². The number of carbonyl (C=O) groups excluding carboxylic acids is 2. The van der Waals surface area contributed by atoms with Crippen molar-refractivity contribution >= 4 is 17.9 Å². The average molecular weight is 392 g/mol. The lowest BCUT2D eigenvalue weighted by Crippen LogP contribution is -2.47. The van der Waals surface area contributed by atoms with Gasteiger partial charge in [-0.2, -0.15) is 0 Å². The van der Waals surface area contributed by atoms with E-state index in [4.69, 9.17) is 4.74 Å². The first kappa shape index (κ1) is 19.5. The molecule has 2 saturated heterocycles. The van der Waals surface area contributed by atoms with Gasteiger partial charge in [0.2, 0.25) is 5.91 Å². The van der Waals surface area contributed by atoms with Gasteiger partial charge in [-0.05, 0) is 49.2 Å². The molecule has 5 heteroatoms. The first-order valence-electron chi connectivity index (χ1n) is 10.5. The summed E-state index contributed by atoms with van der Waals surface area (Å²) in [5.74, 6) is 1.33. The molecule has 2 aliphatic heterocycles. The SMILES string of the molecule is O=Cc1ccc(N2CCC(C(=O)N3CCC(Oc4ccccc4)CC3)CC2)cc1. The van der Waals surface area contributed by atoms with Crippen LogP contribution in [0.25, 0.3) is 0 Å². The smallest absolute Gasteiger partial charge is 0.225 e. The third-order valence-electron chi connectivity index (χ3n) is 6.04. The van der Waals surface area contributed by atoms with Gasteiger partial charge in [0.1, 0.15) is 18.1 Å². The Morgan fingerprint density at radius 3 is 2.14 bits per heavy atom. The van der Waals surface area contributed by atoms with Crippen molar-refractivity contribution in [1.82, 2.24) is 4.90 Å². The zero-order valence-electron chi connectivity index (χ0n) is 16.7. The summed E-state index contributed by atoms with van der Waals surface area (Å²) in [6, 6.07) is 17.6. The normalized spacial score (nSPS) is 18.5. The monoisotopic (exact) mass is 392 g/mol. The van der Waals surface area contributed by atoms with Crippen molar-refractivity contribution in [3.63, 3.8) is 0 Å². The Hall–Kier alpha value is -2.82. The number of rotatable bonds is 5. The van der Waals surface area contributed by atoms with Gasteiger partial charge in [-0.1, -0.05) is 18.2 Å². The highest BCUT2D eigenvalue weighted by atomic mass is 16.5. The number of nitrogens with zero attached hydrogens (tertiary/aromatic N) is 2. The van der Waals surface area contributed by atoms with Crippen molar-refractivity contribution in [2.45, 2.75) is 31.8 Å². The quantitative estimate of drug-likeness (QED) is 0.727. The number of carbonyl (C=O) groups is 2. The van der Waals surface area contributed by atoms with Crippen LogP contribution in [-0.4, -0.2) is 49.4 Å². The van der Waals surface area contributed by atoms with Crippen molar-refractivity contribution in [2.75, 3.05) is 31.1 Å². The Labute approximate surface area is 172 Å². The fourth-order valence-electron chi connectivity index (χ4n) is 4.29. The Bertz CT molecular complexity index is 806. The Morgan fingerprint density at radius 2 is 1.52 bits per heavy atom. The molecular formula is C24H28N2O3. The molecule has 2 aromatic carbocycles. The number of hydrogen-bond acceptors (Lipinski definition) is 4. The summed E-state index contributed by atoms with van der Waals surface area (Å²) in [5.41, 5.74) is 1.82. The van der Waals surface area contributed by atoms with Gasteiger partial charge < -0.3 is 14.5 Å². The topological polar surface area (TPSA) is 49.9 Å². The molecule has 0 spiro atoms. The fraction of sp³-hybridized carbons (Fsp3) is 0.417. The van der Waals surface area contributed by atoms with Gasteiger partial charge >= 0.3 is 0 Å². The highest BCUT2D eigenvalue weighted by Crippen LogP contribution is 2.26. The first-order chi connectivity index (χ1) is 14.2. The largest absolute Gasteiger partial charge is 0.490 e. The van der Waals surface area contributed by atoms with E-state index >= 15 is 0 Å². The lowest BCUT2D eigenvalue weighted by molar-refractivity contribution is -0.138. The Balaban J connectivity index is 1.24. The molecule has 0 atom stereocenters. The highest BCUT2D eigenvalue weighted by molar-refractivity contribution is 5.79.